The maximum atomic E-state index is 13.7. The highest BCUT2D eigenvalue weighted by atomic mass is 79.9. The predicted octanol–water partition coefficient (Wildman–Crippen LogP) is 4.76. The van der Waals surface area contributed by atoms with Crippen molar-refractivity contribution in [1.29, 1.82) is 0 Å². The molecular formula is C17H16BrF2N. The van der Waals surface area contributed by atoms with Crippen molar-refractivity contribution in [3.63, 3.8) is 0 Å². The van der Waals surface area contributed by atoms with Crippen molar-refractivity contribution in [2.45, 2.75) is 31.3 Å². The van der Waals surface area contributed by atoms with E-state index >= 15 is 0 Å². The Morgan fingerprint density at radius 1 is 1.10 bits per heavy atom. The monoisotopic (exact) mass is 351 g/mol. The van der Waals surface area contributed by atoms with Gasteiger partial charge in [-0.3, -0.25) is 0 Å². The molecular weight excluding hydrogens is 336 g/mol. The van der Waals surface area contributed by atoms with Gasteiger partial charge in [-0.15, -0.1) is 0 Å². The molecule has 0 atom stereocenters. The lowest BCUT2D eigenvalue weighted by molar-refractivity contribution is 0.284. The van der Waals surface area contributed by atoms with Crippen LogP contribution in [0.5, 0.6) is 0 Å². The lowest BCUT2D eigenvalue weighted by Gasteiger charge is -2.36. The Morgan fingerprint density at radius 3 is 2.62 bits per heavy atom. The zero-order valence-electron chi connectivity index (χ0n) is 11.5. The quantitative estimate of drug-likeness (QED) is 0.836. The van der Waals surface area contributed by atoms with E-state index in [1.165, 1.54) is 18.2 Å². The Labute approximate surface area is 131 Å². The van der Waals surface area contributed by atoms with Crippen molar-refractivity contribution >= 4 is 15.9 Å². The summed E-state index contributed by atoms with van der Waals surface area (Å²) >= 11 is 3.42. The van der Waals surface area contributed by atoms with E-state index in [-0.39, 0.29) is 11.6 Å². The number of hydrogen-bond acceptors (Lipinski definition) is 1. The summed E-state index contributed by atoms with van der Waals surface area (Å²) < 4.78 is 27.8. The molecule has 0 aromatic heterocycles. The molecule has 0 spiro atoms. The maximum Gasteiger partial charge on any atom is 0.126 e. The lowest BCUT2D eigenvalue weighted by atomic mass is 9.75. The number of hydrogen-bond donors (Lipinski definition) is 1. The number of rotatable bonds is 4. The van der Waals surface area contributed by atoms with E-state index in [2.05, 4.69) is 21.2 Å². The fraction of sp³-hybridized carbons (Fsp3) is 0.294. The van der Waals surface area contributed by atoms with Gasteiger partial charge in [-0.05, 0) is 54.2 Å². The number of nitrogens with one attached hydrogen (secondary N) is 1. The standard InChI is InChI=1S/C17H16BrF2N/c18-16-6-5-13(19)7-12(16)10-21-14-8-11(9-14)15-3-1-2-4-17(15)20/h1-7,11,14,21H,8-10H2. The van der Waals surface area contributed by atoms with E-state index in [0.29, 0.717) is 18.5 Å². The third kappa shape index (κ3) is 3.33. The number of halogens is 3. The summed E-state index contributed by atoms with van der Waals surface area (Å²) in [7, 11) is 0. The molecule has 0 heterocycles. The van der Waals surface area contributed by atoms with Crippen LogP contribution in [0.25, 0.3) is 0 Å². The van der Waals surface area contributed by atoms with E-state index in [1.807, 2.05) is 12.1 Å². The van der Waals surface area contributed by atoms with Crippen molar-refractivity contribution in [3.05, 3.63) is 69.7 Å². The molecule has 1 N–H and O–H groups in total. The van der Waals surface area contributed by atoms with Crippen molar-refractivity contribution in [2.75, 3.05) is 0 Å². The molecule has 1 saturated carbocycles. The molecule has 0 saturated heterocycles. The molecule has 1 aliphatic rings. The molecule has 0 aliphatic heterocycles. The number of benzene rings is 2. The second-order valence-corrected chi connectivity index (χ2v) is 6.36. The van der Waals surface area contributed by atoms with Gasteiger partial charge >= 0.3 is 0 Å². The first-order valence-electron chi connectivity index (χ1n) is 7.05. The van der Waals surface area contributed by atoms with Gasteiger partial charge in [0.2, 0.25) is 0 Å². The Balaban J connectivity index is 1.54. The van der Waals surface area contributed by atoms with Crippen LogP contribution in [0.3, 0.4) is 0 Å². The molecule has 110 valence electrons. The largest absolute Gasteiger partial charge is 0.310 e. The summed E-state index contributed by atoms with van der Waals surface area (Å²) in [5.74, 6) is -0.0543. The van der Waals surface area contributed by atoms with Crippen molar-refractivity contribution in [2.24, 2.45) is 0 Å². The minimum atomic E-state index is -0.229. The summed E-state index contributed by atoms with van der Waals surface area (Å²) in [6.45, 7) is 0.618. The minimum absolute atomic E-state index is 0.117. The molecule has 0 unspecified atom stereocenters. The smallest absolute Gasteiger partial charge is 0.126 e. The van der Waals surface area contributed by atoms with Gasteiger partial charge in [0.15, 0.2) is 0 Å². The van der Waals surface area contributed by atoms with Crippen LogP contribution in [0.15, 0.2) is 46.9 Å². The normalized spacial score (nSPS) is 21.1. The van der Waals surface area contributed by atoms with E-state index in [9.17, 15) is 8.78 Å². The molecule has 0 radical (unpaired) electrons. The van der Waals surface area contributed by atoms with Crippen LogP contribution in [0.1, 0.15) is 29.9 Å². The first-order chi connectivity index (χ1) is 10.1. The van der Waals surface area contributed by atoms with Crippen LogP contribution in [-0.2, 0) is 6.54 Å². The van der Waals surface area contributed by atoms with E-state index < -0.39 is 0 Å². The van der Waals surface area contributed by atoms with Crippen LogP contribution < -0.4 is 5.32 Å². The van der Waals surface area contributed by atoms with Gasteiger partial charge in [-0.2, -0.15) is 0 Å². The second-order valence-electron chi connectivity index (χ2n) is 5.50. The highest BCUT2D eigenvalue weighted by Gasteiger charge is 2.31. The van der Waals surface area contributed by atoms with Crippen LogP contribution >= 0.6 is 15.9 Å². The summed E-state index contributed by atoms with van der Waals surface area (Å²) in [5, 5.41) is 3.40. The Bertz CT molecular complexity index is 638. The van der Waals surface area contributed by atoms with E-state index in [0.717, 1.165) is 28.4 Å². The SMILES string of the molecule is Fc1ccc(Br)c(CNC2CC(c3ccccc3F)C2)c1. The maximum absolute atomic E-state index is 13.7. The molecule has 21 heavy (non-hydrogen) atoms. The van der Waals surface area contributed by atoms with Crippen LogP contribution in [0.4, 0.5) is 8.78 Å². The average molecular weight is 352 g/mol. The van der Waals surface area contributed by atoms with Crippen LogP contribution in [0, 0.1) is 11.6 Å². The van der Waals surface area contributed by atoms with Gasteiger partial charge in [0.25, 0.3) is 0 Å². The second kappa shape index (κ2) is 6.24. The molecule has 2 aromatic carbocycles. The fourth-order valence-electron chi connectivity index (χ4n) is 2.78. The Morgan fingerprint density at radius 2 is 1.86 bits per heavy atom. The highest BCUT2D eigenvalue weighted by molar-refractivity contribution is 9.10. The summed E-state index contributed by atoms with van der Waals surface area (Å²) in [6, 6.07) is 12.0. The lowest BCUT2D eigenvalue weighted by Crippen LogP contribution is -2.39. The van der Waals surface area contributed by atoms with Crippen LogP contribution in [-0.4, -0.2) is 6.04 Å². The molecule has 4 heteroatoms. The Kier molecular flexibility index (Phi) is 4.36. The first kappa shape index (κ1) is 14.7. The predicted molar refractivity (Wildman–Crippen MR) is 83.1 cm³/mol. The van der Waals surface area contributed by atoms with Crippen molar-refractivity contribution < 1.29 is 8.78 Å². The summed E-state index contributed by atoms with van der Waals surface area (Å²) in [5.41, 5.74) is 1.71. The molecule has 3 rings (SSSR count). The third-order valence-corrected chi connectivity index (χ3v) is 4.85. The molecule has 1 nitrogen and oxygen atoms in total. The van der Waals surface area contributed by atoms with Gasteiger partial charge in [0.1, 0.15) is 11.6 Å². The van der Waals surface area contributed by atoms with Crippen molar-refractivity contribution in [1.82, 2.24) is 5.32 Å². The molecule has 1 aliphatic carbocycles. The molecule has 1 fully saturated rings. The zero-order valence-corrected chi connectivity index (χ0v) is 13.0. The van der Waals surface area contributed by atoms with Gasteiger partial charge < -0.3 is 5.32 Å². The zero-order chi connectivity index (χ0) is 14.8. The van der Waals surface area contributed by atoms with Gasteiger partial charge in [-0.1, -0.05) is 34.1 Å². The van der Waals surface area contributed by atoms with Gasteiger partial charge in [0, 0.05) is 17.1 Å². The minimum Gasteiger partial charge on any atom is -0.310 e. The average Bonchev–Trinajstić information content (AvgIpc) is 2.42. The highest BCUT2D eigenvalue weighted by Crippen LogP contribution is 2.38. The topological polar surface area (TPSA) is 12.0 Å². The first-order valence-corrected chi connectivity index (χ1v) is 7.84. The Hall–Kier alpha value is -1.26. The van der Waals surface area contributed by atoms with Gasteiger partial charge in [0.05, 0.1) is 0 Å². The third-order valence-electron chi connectivity index (χ3n) is 4.07. The fourth-order valence-corrected chi connectivity index (χ4v) is 3.16. The van der Waals surface area contributed by atoms with Crippen LogP contribution in [0.2, 0.25) is 0 Å². The van der Waals surface area contributed by atoms with E-state index in [4.69, 9.17) is 0 Å². The molecule has 0 amide bonds. The van der Waals surface area contributed by atoms with E-state index in [1.54, 1.807) is 12.1 Å². The van der Waals surface area contributed by atoms with Crippen molar-refractivity contribution in [3.8, 4) is 0 Å². The molecule has 2 aromatic rings. The molecule has 0 bridgehead atoms. The van der Waals surface area contributed by atoms with Gasteiger partial charge in [-0.25, -0.2) is 8.78 Å². The summed E-state index contributed by atoms with van der Waals surface area (Å²) in [4.78, 5) is 0. The summed E-state index contributed by atoms with van der Waals surface area (Å²) in [6.07, 6.45) is 1.85.